The maximum Gasteiger partial charge on any atom is 0.338 e. The summed E-state index contributed by atoms with van der Waals surface area (Å²) in [7, 11) is 0. The van der Waals surface area contributed by atoms with E-state index in [0.29, 0.717) is 0 Å². The van der Waals surface area contributed by atoms with E-state index in [0.717, 1.165) is 6.92 Å². The number of esters is 6. The first-order chi connectivity index (χ1) is 31.5. The number of carbonyl (C=O) groups is 6. The van der Waals surface area contributed by atoms with Gasteiger partial charge in [0.15, 0.2) is 43.1 Å². The summed E-state index contributed by atoms with van der Waals surface area (Å²) >= 11 is 0. The minimum Gasteiger partial charge on any atom is -0.459 e. The first kappa shape index (κ1) is 45.8. The van der Waals surface area contributed by atoms with Crippen molar-refractivity contribution in [3.8, 4) is 0 Å². The van der Waals surface area contributed by atoms with Gasteiger partial charge < -0.3 is 47.7 Å². The highest BCUT2D eigenvalue weighted by Gasteiger charge is 2.57. The molecule has 2 saturated heterocycles. The maximum absolute atomic E-state index is 13.9. The van der Waals surface area contributed by atoms with Crippen LogP contribution < -0.4 is 0 Å². The van der Waals surface area contributed by atoms with Crippen molar-refractivity contribution < 1.29 is 76.5 Å². The molecule has 336 valence electrons. The molecule has 0 spiro atoms. The minimum absolute atomic E-state index is 0.0590. The summed E-state index contributed by atoms with van der Waals surface area (Å²) in [6, 6.07) is 39.3. The Kier molecular flexibility index (Phi) is 15.1. The van der Waals surface area contributed by atoms with E-state index < -0.39 is 104 Å². The Labute approximate surface area is 372 Å². The third-order valence-electron chi connectivity index (χ3n) is 10.3. The fraction of sp³-hybridized carbons (Fsp3) is 0.265. The molecule has 65 heavy (non-hydrogen) atoms. The summed E-state index contributed by atoms with van der Waals surface area (Å²) in [5, 5.41) is 11.6. The number of benzene rings is 5. The Balaban J connectivity index is 1.29. The van der Waals surface area contributed by atoms with Crippen molar-refractivity contribution in [1.82, 2.24) is 0 Å². The SMILES string of the molecule is CC(=O)O[C@H]1[C@H](O[C@H]2[C@H](OC(=O)c3ccccc3)[C@H](OC(=O)c3ccccc3)[C@@H](O)O[C@@H]2COC(=O)c2ccccc2)O[C@@H](C)[C@H](OC(=O)c2ccccc2)[C@H]1OC(=O)c1ccccc1. The van der Waals surface area contributed by atoms with Gasteiger partial charge in [-0.2, -0.15) is 0 Å². The van der Waals surface area contributed by atoms with Gasteiger partial charge in [-0.1, -0.05) is 91.0 Å². The summed E-state index contributed by atoms with van der Waals surface area (Å²) in [5.74, 6) is -5.30. The molecule has 0 aliphatic carbocycles. The lowest BCUT2D eigenvalue weighted by Gasteiger charge is -2.48. The highest BCUT2D eigenvalue weighted by Crippen LogP contribution is 2.36. The van der Waals surface area contributed by atoms with E-state index in [2.05, 4.69) is 0 Å². The number of aliphatic hydroxyl groups excluding tert-OH is 1. The Morgan fingerprint density at radius 1 is 0.446 bits per heavy atom. The molecule has 2 aliphatic heterocycles. The van der Waals surface area contributed by atoms with Crippen LogP contribution in [0.1, 0.15) is 65.6 Å². The Hall–Kier alpha value is -7.24. The van der Waals surface area contributed by atoms with Crippen LogP contribution in [0, 0.1) is 0 Å². The van der Waals surface area contributed by atoms with E-state index in [-0.39, 0.29) is 27.8 Å². The summed E-state index contributed by atoms with van der Waals surface area (Å²) in [6.45, 7) is 1.91. The fourth-order valence-corrected chi connectivity index (χ4v) is 7.18. The zero-order chi connectivity index (χ0) is 45.9. The van der Waals surface area contributed by atoms with Gasteiger partial charge >= 0.3 is 35.8 Å². The molecule has 0 amide bonds. The van der Waals surface area contributed by atoms with Crippen LogP contribution in [0.25, 0.3) is 0 Å². The molecular weight excluding hydrogens is 845 g/mol. The second-order valence-electron chi connectivity index (χ2n) is 14.9. The second kappa shape index (κ2) is 21.4. The van der Waals surface area contributed by atoms with Gasteiger partial charge in [0.2, 0.25) is 0 Å². The lowest BCUT2D eigenvalue weighted by Crippen LogP contribution is -2.66. The predicted octanol–water partition coefficient (Wildman–Crippen LogP) is 5.52. The third kappa shape index (κ3) is 11.5. The highest BCUT2D eigenvalue weighted by molar-refractivity contribution is 5.92. The molecule has 0 saturated carbocycles. The van der Waals surface area contributed by atoms with Crippen LogP contribution in [0.15, 0.2) is 152 Å². The van der Waals surface area contributed by atoms with Crippen molar-refractivity contribution in [1.29, 1.82) is 0 Å². The van der Waals surface area contributed by atoms with Crippen molar-refractivity contribution in [2.75, 3.05) is 6.61 Å². The molecule has 0 radical (unpaired) electrons. The van der Waals surface area contributed by atoms with E-state index in [1.54, 1.807) is 91.0 Å². The van der Waals surface area contributed by atoms with Crippen LogP contribution in [0.4, 0.5) is 0 Å². The van der Waals surface area contributed by atoms with E-state index in [4.69, 9.17) is 42.6 Å². The first-order valence-electron chi connectivity index (χ1n) is 20.5. The zero-order valence-corrected chi connectivity index (χ0v) is 35.0. The molecule has 16 heteroatoms. The van der Waals surface area contributed by atoms with Crippen LogP contribution in [0.2, 0.25) is 0 Å². The van der Waals surface area contributed by atoms with E-state index in [1.165, 1.54) is 67.6 Å². The number of hydrogen-bond acceptors (Lipinski definition) is 16. The summed E-state index contributed by atoms with van der Waals surface area (Å²) in [6.07, 6.45) is -16.6. The quantitative estimate of drug-likeness (QED) is 0.108. The molecule has 16 nitrogen and oxygen atoms in total. The molecule has 5 aromatic carbocycles. The van der Waals surface area contributed by atoms with Gasteiger partial charge in [-0.25, -0.2) is 24.0 Å². The van der Waals surface area contributed by atoms with E-state index >= 15 is 0 Å². The normalized spacial score (nSPS) is 24.9. The van der Waals surface area contributed by atoms with Gasteiger partial charge in [0, 0.05) is 6.92 Å². The number of carbonyl (C=O) groups excluding carboxylic acids is 6. The molecule has 7 rings (SSSR count). The number of rotatable bonds is 14. The molecule has 5 aromatic rings. The van der Waals surface area contributed by atoms with Crippen molar-refractivity contribution >= 4 is 35.8 Å². The minimum atomic E-state index is -2.02. The topological polar surface area (TPSA) is 206 Å². The maximum atomic E-state index is 13.9. The molecule has 0 aromatic heterocycles. The zero-order valence-electron chi connectivity index (χ0n) is 35.0. The summed E-state index contributed by atoms with van der Waals surface area (Å²) < 4.78 is 54.1. The van der Waals surface area contributed by atoms with Crippen LogP contribution in [0.5, 0.6) is 0 Å². The average Bonchev–Trinajstić information content (AvgIpc) is 3.33. The van der Waals surface area contributed by atoms with E-state index in [1.807, 2.05) is 0 Å². The number of ether oxygens (including phenoxy) is 9. The Morgan fingerprint density at radius 2 is 0.800 bits per heavy atom. The molecule has 1 N–H and O–H groups in total. The fourth-order valence-electron chi connectivity index (χ4n) is 7.18. The van der Waals surface area contributed by atoms with Gasteiger partial charge in [0.05, 0.1) is 33.9 Å². The third-order valence-corrected chi connectivity index (χ3v) is 10.3. The van der Waals surface area contributed by atoms with Crippen LogP contribution in [-0.2, 0) is 47.4 Å². The largest absolute Gasteiger partial charge is 0.459 e. The molecular formula is C49H44O16. The molecule has 2 aliphatic rings. The van der Waals surface area contributed by atoms with Crippen molar-refractivity contribution in [3.05, 3.63) is 179 Å². The van der Waals surface area contributed by atoms with Gasteiger partial charge in [-0.3, -0.25) is 4.79 Å². The summed E-state index contributed by atoms with van der Waals surface area (Å²) in [4.78, 5) is 81.1. The lowest BCUT2D eigenvalue weighted by molar-refractivity contribution is -0.350. The lowest BCUT2D eigenvalue weighted by atomic mass is 9.96. The van der Waals surface area contributed by atoms with Crippen molar-refractivity contribution in [2.45, 2.75) is 75.3 Å². The van der Waals surface area contributed by atoms with Gasteiger partial charge in [0.1, 0.15) is 18.8 Å². The molecule has 2 heterocycles. The molecule has 0 unspecified atom stereocenters. The highest BCUT2D eigenvalue weighted by atomic mass is 16.8. The molecule has 0 bridgehead atoms. The second-order valence-corrected chi connectivity index (χ2v) is 14.9. The number of aliphatic hydroxyl groups is 1. The number of hydrogen-bond donors (Lipinski definition) is 1. The standard InChI is InChI=1S/C49H44O16/c1-29-37(61-44(52)32-20-10-4-11-21-32)39(62-45(53)33-22-12-5-13-23-33)42(59-30(2)50)49(58-29)65-38-36(28-57-43(51)31-18-8-3-9-19-31)60-48(56)41(64-47(55)35-26-16-7-17-27-35)40(38)63-46(54)34-24-14-6-15-25-34/h3-27,29,36-42,48-49,56H,28H2,1-2H3/t29-,36+,37-,38+,39+,40-,41-,42+,48-,49-/m0/s1. The molecule has 2 fully saturated rings. The smallest absolute Gasteiger partial charge is 0.338 e. The average molecular weight is 889 g/mol. The Morgan fingerprint density at radius 3 is 1.20 bits per heavy atom. The van der Waals surface area contributed by atoms with Gasteiger partial charge in [-0.05, 0) is 67.6 Å². The van der Waals surface area contributed by atoms with Gasteiger partial charge in [-0.15, -0.1) is 0 Å². The van der Waals surface area contributed by atoms with Crippen molar-refractivity contribution in [2.24, 2.45) is 0 Å². The van der Waals surface area contributed by atoms with Crippen LogP contribution in [0.3, 0.4) is 0 Å². The van der Waals surface area contributed by atoms with E-state index in [9.17, 15) is 33.9 Å². The Bertz CT molecular complexity index is 2400. The van der Waals surface area contributed by atoms with Crippen molar-refractivity contribution in [3.63, 3.8) is 0 Å². The first-order valence-corrected chi connectivity index (χ1v) is 20.5. The molecule has 10 atom stereocenters. The van der Waals surface area contributed by atoms with Crippen LogP contribution >= 0.6 is 0 Å². The summed E-state index contributed by atoms with van der Waals surface area (Å²) in [5.41, 5.74) is 0.554. The predicted molar refractivity (Wildman–Crippen MR) is 225 cm³/mol. The van der Waals surface area contributed by atoms with Crippen LogP contribution in [-0.4, -0.2) is 109 Å². The van der Waals surface area contributed by atoms with Gasteiger partial charge in [0.25, 0.3) is 0 Å². The monoisotopic (exact) mass is 888 g/mol.